The molecule has 4 nitrogen and oxygen atoms in total. The molecular weight excluding hydrogens is 280 g/mol. The van der Waals surface area contributed by atoms with E-state index in [1.54, 1.807) is 0 Å². The summed E-state index contributed by atoms with van der Waals surface area (Å²) < 4.78 is 26.0. The smallest absolute Gasteiger partial charge is 0.308 e. The van der Waals surface area contributed by atoms with Crippen LogP contribution in [0.1, 0.15) is 16.8 Å². The SMILES string of the molecule is O=C(O)[C@@H]1CCN(C(=O)c2cc(F)c(F)cc2Cl)C1. The Morgan fingerprint density at radius 3 is 2.53 bits per heavy atom. The van der Waals surface area contributed by atoms with Crippen molar-refractivity contribution in [3.8, 4) is 0 Å². The summed E-state index contributed by atoms with van der Waals surface area (Å²) in [5, 5.41) is 8.65. The third kappa shape index (κ3) is 2.68. The van der Waals surface area contributed by atoms with Crippen molar-refractivity contribution in [1.29, 1.82) is 0 Å². The van der Waals surface area contributed by atoms with Crippen molar-refractivity contribution < 1.29 is 23.5 Å². The minimum absolute atomic E-state index is 0.0451. The Kier molecular flexibility index (Phi) is 3.71. The highest BCUT2D eigenvalue weighted by Crippen LogP contribution is 2.24. The van der Waals surface area contributed by atoms with Crippen LogP contribution in [0, 0.1) is 17.6 Å². The Labute approximate surface area is 112 Å². The second kappa shape index (κ2) is 5.13. The maximum Gasteiger partial charge on any atom is 0.308 e. The van der Waals surface area contributed by atoms with E-state index < -0.39 is 29.4 Å². The number of carbonyl (C=O) groups excluding carboxylic acids is 1. The molecule has 1 fully saturated rings. The Morgan fingerprint density at radius 1 is 1.32 bits per heavy atom. The number of rotatable bonds is 2. The standard InChI is InChI=1S/C12H10ClF2NO3/c13-8-4-10(15)9(14)3-7(8)11(17)16-2-1-6(5-16)12(18)19/h3-4,6H,1-2,5H2,(H,18,19)/t6-/m1/s1. The van der Waals surface area contributed by atoms with Gasteiger partial charge in [0.15, 0.2) is 11.6 Å². The summed E-state index contributed by atoms with van der Waals surface area (Å²) in [6.07, 6.45) is 0.336. The van der Waals surface area contributed by atoms with Crippen LogP contribution in [0.4, 0.5) is 8.78 Å². The number of carbonyl (C=O) groups is 2. The molecule has 1 amide bonds. The van der Waals surface area contributed by atoms with Gasteiger partial charge in [-0.15, -0.1) is 0 Å². The highest BCUT2D eigenvalue weighted by molar-refractivity contribution is 6.33. The minimum Gasteiger partial charge on any atom is -0.481 e. The van der Waals surface area contributed by atoms with E-state index in [1.165, 1.54) is 4.90 Å². The van der Waals surface area contributed by atoms with Crippen LogP contribution in [0.3, 0.4) is 0 Å². The van der Waals surface area contributed by atoms with Crippen LogP contribution < -0.4 is 0 Å². The lowest BCUT2D eigenvalue weighted by Gasteiger charge is -2.16. The number of amides is 1. The van der Waals surface area contributed by atoms with Crippen LogP contribution in [0.25, 0.3) is 0 Å². The van der Waals surface area contributed by atoms with Crippen LogP contribution in [-0.2, 0) is 4.79 Å². The van der Waals surface area contributed by atoms with Crippen LogP contribution in [0.15, 0.2) is 12.1 Å². The van der Waals surface area contributed by atoms with E-state index in [4.69, 9.17) is 16.7 Å². The molecule has 1 saturated heterocycles. The predicted octanol–water partition coefficient (Wildman–Crippen LogP) is 2.16. The van der Waals surface area contributed by atoms with Crippen molar-refractivity contribution in [2.75, 3.05) is 13.1 Å². The maximum atomic E-state index is 13.1. The maximum absolute atomic E-state index is 13.1. The average Bonchev–Trinajstić information content (AvgIpc) is 2.82. The minimum atomic E-state index is -1.17. The highest BCUT2D eigenvalue weighted by Gasteiger charge is 2.32. The van der Waals surface area contributed by atoms with Gasteiger partial charge in [0.2, 0.25) is 0 Å². The molecule has 2 rings (SSSR count). The summed E-state index contributed by atoms with van der Waals surface area (Å²) in [6, 6.07) is 1.46. The van der Waals surface area contributed by atoms with Crippen LogP contribution in [0.2, 0.25) is 5.02 Å². The van der Waals surface area contributed by atoms with Crippen LogP contribution in [0.5, 0.6) is 0 Å². The van der Waals surface area contributed by atoms with Gasteiger partial charge in [0.1, 0.15) is 0 Å². The third-order valence-corrected chi connectivity index (χ3v) is 3.38. The molecule has 1 aliphatic heterocycles. The molecule has 0 unspecified atom stereocenters. The molecule has 0 spiro atoms. The third-order valence-electron chi connectivity index (χ3n) is 3.07. The Balaban J connectivity index is 2.22. The molecule has 0 radical (unpaired) electrons. The van der Waals surface area contributed by atoms with Gasteiger partial charge in [-0.3, -0.25) is 9.59 Å². The van der Waals surface area contributed by atoms with Gasteiger partial charge >= 0.3 is 5.97 Å². The summed E-state index contributed by atoms with van der Waals surface area (Å²) >= 11 is 5.70. The van der Waals surface area contributed by atoms with Crippen LogP contribution >= 0.6 is 11.6 Å². The number of hydrogen-bond acceptors (Lipinski definition) is 2. The fourth-order valence-corrected chi connectivity index (χ4v) is 2.23. The van der Waals surface area contributed by atoms with Crippen molar-refractivity contribution in [2.45, 2.75) is 6.42 Å². The lowest BCUT2D eigenvalue weighted by atomic mass is 10.1. The van der Waals surface area contributed by atoms with Gasteiger partial charge in [-0.2, -0.15) is 0 Å². The number of halogens is 3. The number of carboxylic acid groups (broad SMARTS) is 1. The normalized spacial score (nSPS) is 18.7. The summed E-state index contributed by atoms with van der Waals surface area (Å²) in [5.41, 5.74) is -0.161. The van der Waals surface area contributed by atoms with Crippen molar-refractivity contribution in [3.05, 3.63) is 34.4 Å². The average molecular weight is 290 g/mol. The number of nitrogens with zero attached hydrogens (tertiary/aromatic N) is 1. The summed E-state index contributed by atoms with van der Waals surface area (Å²) in [4.78, 5) is 24.1. The van der Waals surface area contributed by atoms with E-state index in [1.807, 2.05) is 0 Å². The van der Waals surface area contributed by atoms with E-state index in [0.29, 0.717) is 6.42 Å². The van der Waals surface area contributed by atoms with Gasteiger partial charge < -0.3 is 10.0 Å². The first kappa shape index (κ1) is 13.7. The van der Waals surface area contributed by atoms with E-state index in [9.17, 15) is 18.4 Å². The van der Waals surface area contributed by atoms with E-state index in [2.05, 4.69) is 0 Å². The number of aliphatic carboxylic acids is 1. The van der Waals surface area contributed by atoms with Crippen molar-refractivity contribution in [1.82, 2.24) is 4.90 Å². The molecule has 102 valence electrons. The van der Waals surface area contributed by atoms with E-state index in [-0.39, 0.29) is 23.7 Å². The van der Waals surface area contributed by atoms with E-state index >= 15 is 0 Å². The molecule has 19 heavy (non-hydrogen) atoms. The number of likely N-dealkylation sites (tertiary alicyclic amines) is 1. The Bertz CT molecular complexity index is 550. The second-order valence-corrected chi connectivity index (χ2v) is 4.73. The largest absolute Gasteiger partial charge is 0.481 e. The molecule has 1 heterocycles. The molecule has 1 atom stereocenters. The summed E-state index contributed by atoms with van der Waals surface area (Å²) in [6.45, 7) is 0.300. The zero-order valence-electron chi connectivity index (χ0n) is 9.70. The van der Waals surface area contributed by atoms with E-state index in [0.717, 1.165) is 12.1 Å². The van der Waals surface area contributed by atoms with Crippen molar-refractivity contribution in [2.24, 2.45) is 5.92 Å². The monoisotopic (exact) mass is 289 g/mol. The predicted molar refractivity (Wildman–Crippen MR) is 63.0 cm³/mol. The summed E-state index contributed by atoms with van der Waals surface area (Å²) in [7, 11) is 0. The van der Waals surface area contributed by atoms with Gasteiger partial charge in [-0.25, -0.2) is 8.78 Å². The topological polar surface area (TPSA) is 57.6 Å². The molecule has 1 N–H and O–H groups in total. The van der Waals surface area contributed by atoms with Gasteiger partial charge in [-0.1, -0.05) is 11.6 Å². The number of hydrogen-bond donors (Lipinski definition) is 1. The molecule has 0 aliphatic carbocycles. The van der Waals surface area contributed by atoms with Gasteiger partial charge in [0.05, 0.1) is 16.5 Å². The summed E-state index contributed by atoms with van der Waals surface area (Å²) in [5.74, 6) is -4.50. The molecular formula is C12H10ClF2NO3. The lowest BCUT2D eigenvalue weighted by molar-refractivity contribution is -0.141. The molecule has 1 aromatic carbocycles. The fourth-order valence-electron chi connectivity index (χ4n) is 2.00. The highest BCUT2D eigenvalue weighted by atomic mass is 35.5. The van der Waals surface area contributed by atoms with Crippen molar-refractivity contribution in [3.63, 3.8) is 0 Å². The molecule has 1 aliphatic rings. The van der Waals surface area contributed by atoms with Gasteiger partial charge in [0, 0.05) is 13.1 Å². The Hall–Kier alpha value is -1.69. The zero-order valence-corrected chi connectivity index (χ0v) is 10.5. The van der Waals surface area contributed by atoms with Gasteiger partial charge in [0.25, 0.3) is 5.91 Å². The Morgan fingerprint density at radius 2 is 1.95 bits per heavy atom. The van der Waals surface area contributed by atoms with Crippen molar-refractivity contribution >= 4 is 23.5 Å². The molecule has 1 aromatic rings. The first-order chi connectivity index (χ1) is 8.90. The lowest BCUT2D eigenvalue weighted by Crippen LogP contribution is -2.30. The molecule has 0 saturated carbocycles. The first-order valence-electron chi connectivity index (χ1n) is 5.56. The van der Waals surface area contributed by atoms with Gasteiger partial charge in [-0.05, 0) is 18.6 Å². The molecule has 7 heteroatoms. The number of benzene rings is 1. The quantitative estimate of drug-likeness (QED) is 0.849. The second-order valence-electron chi connectivity index (χ2n) is 4.32. The fraction of sp³-hybridized carbons (Fsp3) is 0.333. The zero-order chi connectivity index (χ0) is 14.2. The number of carboxylic acids is 1. The molecule has 0 bridgehead atoms. The van der Waals surface area contributed by atoms with Crippen LogP contribution in [-0.4, -0.2) is 35.0 Å². The molecule has 0 aromatic heterocycles. The first-order valence-corrected chi connectivity index (χ1v) is 5.94.